The molecule has 0 unspecified atom stereocenters. The second-order valence-corrected chi connectivity index (χ2v) is 5.38. The van der Waals surface area contributed by atoms with Gasteiger partial charge in [-0.15, -0.1) is 0 Å². The third-order valence-electron chi connectivity index (χ3n) is 3.97. The van der Waals surface area contributed by atoms with Crippen LogP contribution >= 0.6 is 0 Å². The fourth-order valence-electron chi connectivity index (χ4n) is 2.49. The highest BCUT2D eigenvalue weighted by molar-refractivity contribution is 5.97. The van der Waals surface area contributed by atoms with Gasteiger partial charge in [-0.2, -0.15) is 0 Å². The molecule has 2 heterocycles. The Hall–Kier alpha value is -1.63. The van der Waals surface area contributed by atoms with Crippen molar-refractivity contribution in [2.75, 3.05) is 59.4 Å². The number of rotatable bonds is 3. The molecule has 2 aliphatic rings. The molecular formula is C13H22N4O3. The summed E-state index contributed by atoms with van der Waals surface area (Å²) < 4.78 is 0. The Morgan fingerprint density at radius 1 is 0.850 bits per heavy atom. The summed E-state index contributed by atoms with van der Waals surface area (Å²) in [6.45, 7) is 5.26. The average molecular weight is 282 g/mol. The van der Waals surface area contributed by atoms with E-state index in [-0.39, 0.29) is 18.2 Å². The molecule has 0 aliphatic carbocycles. The molecule has 2 fully saturated rings. The van der Waals surface area contributed by atoms with E-state index in [0.29, 0.717) is 39.3 Å². The molecule has 112 valence electrons. The largest absolute Gasteiger partial charge is 0.342 e. The summed E-state index contributed by atoms with van der Waals surface area (Å²) in [5.41, 5.74) is 0. The van der Waals surface area contributed by atoms with Gasteiger partial charge in [-0.05, 0) is 7.05 Å². The molecule has 7 nitrogen and oxygen atoms in total. The summed E-state index contributed by atoms with van der Waals surface area (Å²) in [7, 11) is 2.03. The van der Waals surface area contributed by atoms with Gasteiger partial charge in [0, 0.05) is 52.4 Å². The molecule has 0 aromatic carbocycles. The molecule has 3 amide bonds. The molecule has 0 aromatic rings. The molecule has 2 rings (SSSR count). The molecule has 2 saturated heterocycles. The normalized spacial score (nSPS) is 20.9. The minimum absolute atomic E-state index is 0.0508. The van der Waals surface area contributed by atoms with Crippen molar-refractivity contribution in [3.8, 4) is 0 Å². The Balaban J connectivity index is 1.76. The van der Waals surface area contributed by atoms with Crippen LogP contribution in [0.25, 0.3) is 0 Å². The lowest BCUT2D eigenvalue weighted by Crippen LogP contribution is -2.51. The van der Waals surface area contributed by atoms with Crippen LogP contribution in [0.4, 0.5) is 0 Å². The zero-order valence-corrected chi connectivity index (χ0v) is 12.0. The van der Waals surface area contributed by atoms with Crippen LogP contribution in [0.1, 0.15) is 6.42 Å². The second-order valence-electron chi connectivity index (χ2n) is 5.38. The van der Waals surface area contributed by atoms with E-state index >= 15 is 0 Å². The smallest absolute Gasteiger partial charge is 0.232 e. The van der Waals surface area contributed by atoms with Gasteiger partial charge in [0.2, 0.25) is 18.2 Å². The van der Waals surface area contributed by atoms with Crippen LogP contribution < -0.4 is 0 Å². The van der Waals surface area contributed by atoms with E-state index in [2.05, 4.69) is 4.90 Å². The van der Waals surface area contributed by atoms with E-state index in [9.17, 15) is 14.4 Å². The van der Waals surface area contributed by atoms with Gasteiger partial charge < -0.3 is 19.6 Å². The Labute approximate surface area is 119 Å². The highest BCUT2D eigenvalue weighted by Gasteiger charge is 2.25. The summed E-state index contributed by atoms with van der Waals surface area (Å²) in [6.07, 6.45) is 0.752. The van der Waals surface area contributed by atoms with Crippen LogP contribution in [0.2, 0.25) is 0 Å². The number of hydrogen-bond donors (Lipinski definition) is 0. The predicted octanol–water partition coefficient (Wildman–Crippen LogP) is -1.55. The van der Waals surface area contributed by atoms with Crippen molar-refractivity contribution in [3.63, 3.8) is 0 Å². The third-order valence-corrected chi connectivity index (χ3v) is 3.97. The molecule has 2 aliphatic heterocycles. The first-order valence-electron chi connectivity index (χ1n) is 7.03. The van der Waals surface area contributed by atoms with Crippen molar-refractivity contribution >= 4 is 18.2 Å². The van der Waals surface area contributed by atoms with Crippen LogP contribution in [0, 0.1) is 0 Å². The summed E-state index contributed by atoms with van der Waals surface area (Å²) in [4.78, 5) is 42.0. The van der Waals surface area contributed by atoms with E-state index < -0.39 is 0 Å². The quantitative estimate of drug-likeness (QED) is 0.464. The van der Waals surface area contributed by atoms with Crippen molar-refractivity contribution < 1.29 is 14.4 Å². The lowest BCUT2D eigenvalue weighted by molar-refractivity contribution is -0.143. The molecule has 20 heavy (non-hydrogen) atoms. The van der Waals surface area contributed by atoms with Crippen LogP contribution in [0.5, 0.6) is 0 Å². The van der Waals surface area contributed by atoms with Gasteiger partial charge in [-0.25, -0.2) is 0 Å². The van der Waals surface area contributed by atoms with Crippen molar-refractivity contribution in [2.45, 2.75) is 6.42 Å². The first kappa shape index (κ1) is 14.8. The van der Waals surface area contributed by atoms with E-state index in [4.69, 9.17) is 0 Å². The Kier molecular flexibility index (Phi) is 4.94. The van der Waals surface area contributed by atoms with Crippen molar-refractivity contribution in [1.29, 1.82) is 0 Å². The first-order chi connectivity index (χ1) is 9.60. The van der Waals surface area contributed by atoms with E-state index in [0.717, 1.165) is 19.5 Å². The lowest BCUT2D eigenvalue weighted by Gasteiger charge is -2.34. The van der Waals surface area contributed by atoms with Crippen LogP contribution in [-0.4, -0.2) is 97.2 Å². The highest BCUT2D eigenvalue weighted by atomic mass is 16.2. The third kappa shape index (κ3) is 3.69. The highest BCUT2D eigenvalue weighted by Crippen LogP contribution is 2.06. The van der Waals surface area contributed by atoms with Gasteiger partial charge in [-0.1, -0.05) is 0 Å². The number of hydrogen-bond acceptors (Lipinski definition) is 4. The molecule has 0 aromatic heterocycles. The van der Waals surface area contributed by atoms with Gasteiger partial charge in [0.25, 0.3) is 0 Å². The Morgan fingerprint density at radius 2 is 1.30 bits per heavy atom. The molecule has 0 bridgehead atoms. The zero-order valence-electron chi connectivity index (χ0n) is 12.0. The number of amides is 3. The van der Waals surface area contributed by atoms with E-state index in [1.165, 1.54) is 0 Å². The molecule has 0 N–H and O–H groups in total. The van der Waals surface area contributed by atoms with Gasteiger partial charge in [-0.3, -0.25) is 14.4 Å². The van der Waals surface area contributed by atoms with E-state index in [1.807, 2.05) is 7.05 Å². The minimum Gasteiger partial charge on any atom is -0.342 e. The molecular weight excluding hydrogens is 260 g/mol. The number of likely N-dealkylation sites (N-methyl/N-ethyl adjacent to an activating group) is 1. The zero-order chi connectivity index (χ0) is 14.5. The molecule has 7 heteroatoms. The topological polar surface area (TPSA) is 64.2 Å². The number of carbonyl (C=O) groups excluding carboxylic acids is 3. The van der Waals surface area contributed by atoms with Gasteiger partial charge in [0.05, 0.1) is 0 Å². The summed E-state index contributed by atoms with van der Waals surface area (Å²) in [5.74, 6) is -0.208. The molecule has 0 saturated carbocycles. The lowest BCUT2D eigenvalue weighted by atomic mass is 10.2. The standard InChI is InChI=1S/C13H22N4O3/c1-14-2-6-16(7-3-14)12(19)10-13(20)17-8-4-15(11-18)5-9-17/h11H,2-10H2,1H3. The minimum atomic E-state index is -0.125. The van der Waals surface area contributed by atoms with Crippen molar-refractivity contribution in [1.82, 2.24) is 19.6 Å². The van der Waals surface area contributed by atoms with Gasteiger partial charge in [0.1, 0.15) is 6.42 Å². The van der Waals surface area contributed by atoms with Crippen LogP contribution in [0.15, 0.2) is 0 Å². The first-order valence-corrected chi connectivity index (χ1v) is 7.03. The van der Waals surface area contributed by atoms with Gasteiger partial charge >= 0.3 is 0 Å². The summed E-state index contributed by atoms with van der Waals surface area (Å²) >= 11 is 0. The maximum atomic E-state index is 12.1. The van der Waals surface area contributed by atoms with Crippen molar-refractivity contribution in [2.24, 2.45) is 0 Å². The van der Waals surface area contributed by atoms with Crippen LogP contribution in [-0.2, 0) is 14.4 Å². The number of carbonyl (C=O) groups is 3. The monoisotopic (exact) mass is 282 g/mol. The second kappa shape index (κ2) is 6.69. The average Bonchev–Trinajstić information content (AvgIpc) is 2.48. The van der Waals surface area contributed by atoms with Crippen LogP contribution in [0.3, 0.4) is 0 Å². The molecule has 0 spiro atoms. The maximum Gasteiger partial charge on any atom is 0.232 e. The fourth-order valence-corrected chi connectivity index (χ4v) is 2.49. The maximum absolute atomic E-state index is 12.1. The summed E-state index contributed by atoms with van der Waals surface area (Å²) in [5, 5.41) is 0. The fraction of sp³-hybridized carbons (Fsp3) is 0.769. The Bertz CT molecular complexity index is 372. The number of nitrogens with zero attached hydrogens (tertiary/aromatic N) is 4. The van der Waals surface area contributed by atoms with Crippen molar-refractivity contribution in [3.05, 3.63) is 0 Å². The molecule has 0 radical (unpaired) electrons. The SMILES string of the molecule is CN1CCN(C(=O)CC(=O)N2CCN(C=O)CC2)CC1. The van der Waals surface area contributed by atoms with Gasteiger partial charge in [0.15, 0.2) is 0 Å². The van der Waals surface area contributed by atoms with E-state index in [1.54, 1.807) is 14.7 Å². The Morgan fingerprint density at radius 3 is 1.75 bits per heavy atom. The molecule has 0 atom stereocenters. The predicted molar refractivity (Wildman–Crippen MR) is 72.9 cm³/mol. The number of piperazine rings is 2. The summed E-state index contributed by atoms with van der Waals surface area (Å²) in [6, 6.07) is 0.